The highest BCUT2D eigenvalue weighted by atomic mass is 32.1. The summed E-state index contributed by atoms with van der Waals surface area (Å²) >= 11 is 1.89. The summed E-state index contributed by atoms with van der Waals surface area (Å²) in [4.78, 5) is 0. The van der Waals surface area contributed by atoms with E-state index in [0.717, 1.165) is 16.8 Å². The second kappa shape index (κ2) is 11.9. The van der Waals surface area contributed by atoms with Crippen LogP contribution >= 0.6 is 11.3 Å². The molecule has 232 valence electrons. The molecule has 0 radical (unpaired) electrons. The van der Waals surface area contributed by atoms with Crippen LogP contribution in [0.4, 0.5) is 0 Å². The molecule has 2 heteroatoms. The van der Waals surface area contributed by atoms with Crippen LogP contribution in [0.1, 0.15) is 18.1 Å². The molecule has 9 aromatic rings. The number of fused-ring (bicyclic) bond motifs is 10. The zero-order valence-electron chi connectivity index (χ0n) is 27.2. The zero-order valence-corrected chi connectivity index (χ0v) is 28.0. The Morgan fingerprint density at radius 1 is 0.571 bits per heavy atom. The molecule has 7 aromatic carbocycles. The first-order chi connectivity index (χ1) is 24.2. The van der Waals surface area contributed by atoms with Crippen molar-refractivity contribution in [2.24, 2.45) is 0 Å². The van der Waals surface area contributed by atoms with Crippen LogP contribution in [0.15, 0.2) is 176 Å². The van der Waals surface area contributed by atoms with Crippen LogP contribution < -0.4 is 0 Å². The highest BCUT2D eigenvalue weighted by Crippen LogP contribution is 2.48. The van der Waals surface area contributed by atoms with Crippen molar-refractivity contribution in [3.8, 4) is 16.8 Å². The predicted octanol–water partition coefficient (Wildman–Crippen LogP) is 13.6. The van der Waals surface area contributed by atoms with E-state index in [1.807, 2.05) is 11.3 Å². The van der Waals surface area contributed by atoms with Crippen LogP contribution in [0.3, 0.4) is 0 Å². The number of benzene rings is 7. The smallest absolute Gasteiger partial charge is 0.0626 e. The highest BCUT2D eigenvalue weighted by molar-refractivity contribution is 7.27. The fourth-order valence-electron chi connectivity index (χ4n) is 7.35. The van der Waals surface area contributed by atoms with Crippen molar-refractivity contribution < 1.29 is 0 Å². The summed E-state index contributed by atoms with van der Waals surface area (Å²) in [5, 5.41) is 7.71. The van der Waals surface area contributed by atoms with Crippen molar-refractivity contribution in [3.05, 3.63) is 188 Å². The van der Waals surface area contributed by atoms with Crippen LogP contribution in [0.2, 0.25) is 0 Å². The first-order valence-electron chi connectivity index (χ1n) is 16.7. The average molecular weight is 644 g/mol. The van der Waals surface area contributed by atoms with E-state index in [9.17, 15) is 0 Å². The summed E-state index contributed by atoms with van der Waals surface area (Å²) in [6.45, 7) is 6.61. The molecule has 0 aliphatic carbocycles. The Morgan fingerprint density at radius 3 is 2.02 bits per heavy atom. The van der Waals surface area contributed by atoms with E-state index >= 15 is 0 Å². The van der Waals surface area contributed by atoms with Crippen molar-refractivity contribution in [1.29, 1.82) is 0 Å². The fraction of sp³-hybridized carbons (Fsp3) is 0.0213. The van der Waals surface area contributed by atoms with Gasteiger partial charge in [-0.15, -0.1) is 11.3 Å². The van der Waals surface area contributed by atoms with Crippen molar-refractivity contribution in [2.75, 3.05) is 0 Å². The zero-order chi connectivity index (χ0) is 32.9. The van der Waals surface area contributed by atoms with E-state index in [0.29, 0.717) is 0 Å². The Bertz CT molecular complexity index is 2760. The number of hydrogen-bond donors (Lipinski definition) is 0. The van der Waals surface area contributed by atoms with Gasteiger partial charge >= 0.3 is 0 Å². The quantitative estimate of drug-likeness (QED) is 0.159. The van der Waals surface area contributed by atoms with Gasteiger partial charge in [-0.05, 0) is 70.7 Å². The molecule has 0 atom stereocenters. The molecule has 0 spiro atoms. The minimum atomic E-state index is 0.993. The second-order valence-electron chi connectivity index (χ2n) is 12.5. The molecule has 0 saturated carbocycles. The third-order valence-corrected chi connectivity index (χ3v) is 10.9. The molecule has 2 heterocycles. The highest BCUT2D eigenvalue weighted by Gasteiger charge is 2.22. The Hall–Kier alpha value is -5.96. The molecule has 1 nitrogen and oxygen atoms in total. The lowest BCUT2D eigenvalue weighted by molar-refractivity contribution is 1.19. The summed E-state index contributed by atoms with van der Waals surface area (Å²) in [6, 6.07) is 54.8. The summed E-state index contributed by atoms with van der Waals surface area (Å²) in [6.07, 6.45) is 6.48. The monoisotopic (exact) mass is 643 g/mol. The van der Waals surface area contributed by atoms with E-state index in [1.165, 1.54) is 75.0 Å². The summed E-state index contributed by atoms with van der Waals surface area (Å²) in [7, 11) is 0. The minimum absolute atomic E-state index is 0.993. The van der Waals surface area contributed by atoms with E-state index in [2.05, 4.69) is 188 Å². The molecule has 0 unspecified atom stereocenters. The van der Waals surface area contributed by atoms with Crippen LogP contribution in [0.25, 0.3) is 80.7 Å². The molecule has 0 aliphatic heterocycles. The molecule has 0 saturated heterocycles. The maximum atomic E-state index is 4.53. The van der Waals surface area contributed by atoms with Gasteiger partial charge in [0.05, 0.1) is 11.0 Å². The van der Waals surface area contributed by atoms with Crippen molar-refractivity contribution >= 4 is 75.2 Å². The summed E-state index contributed by atoms with van der Waals surface area (Å²) in [5.74, 6) is 0. The number of aromatic nitrogens is 1. The van der Waals surface area contributed by atoms with Crippen LogP contribution in [0.5, 0.6) is 0 Å². The SMILES string of the molecule is C=C(/C=C\C(=C/C)c1ccccc1)c1ccc2sc3c4ccccc4c4c(c5ccc(-c6ccccc6)cc5n4-c4ccccc4)c3c2c1. The number of allylic oxidation sites excluding steroid dienone is 5. The van der Waals surface area contributed by atoms with Crippen molar-refractivity contribution in [3.63, 3.8) is 0 Å². The van der Waals surface area contributed by atoms with Gasteiger partial charge in [0.2, 0.25) is 0 Å². The standard InChI is InChI=1S/C47H33NS/c1-3-32(33-15-7-4-8-16-33)24-23-31(2)35-26-28-43-41(29-35)45-44-40-27-25-36(34-17-9-5-10-18-34)30-42(40)48(37-19-11-6-12-20-37)46(44)38-21-13-14-22-39(38)47(45)49-43/h3-30H,2H2,1H3/b24-23-,32-3+. The maximum Gasteiger partial charge on any atom is 0.0626 e. The van der Waals surface area contributed by atoms with Crippen LogP contribution in [0, 0.1) is 0 Å². The lowest BCUT2D eigenvalue weighted by Crippen LogP contribution is -1.94. The minimum Gasteiger partial charge on any atom is -0.309 e. The van der Waals surface area contributed by atoms with Gasteiger partial charge < -0.3 is 4.57 Å². The third-order valence-electron chi connectivity index (χ3n) is 9.71. The van der Waals surface area contributed by atoms with Gasteiger partial charge in [-0.1, -0.05) is 146 Å². The molecule has 0 amide bonds. The first-order valence-corrected chi connectivity index (χ1v) is 17.6. The molecule has 0 fully saturated rings. The number of para-hydroxylation sites is 1. The lowest BCUT2D eigenvalue weighted by atomic mass is 9.97. The molecule has 0 N–H and O–H groups in total. The van der Waals surface area contributed by atoms with Gasteiger partial charge in [0.15, 0.2) is 0 Å². The van der Waals surface area contributed by atoms with Gasteiger partial charge in [-0.3, -0.25) is 0 Å². The molecular weight excluding hydrogens is 611 g/mol. The number of rotatable bonds is 6. The Morgan fingerprint density at radius 2 is 1.27 bits per heavy atom. The van der Waals surface area contributed by atoms with Gasteiger partial charge in [-0.2, -0.15) is 0 Å². The van der Waals surface area contributed by atoms with Gasteiger partial charge in [-0.25, -0.2) is 0 Å². The van der Waals surface area contributed by atoms with Crippen molar-refractivity contribution in [1.82, 2.24) is 4.57 Å². The largest absolute Gasteiger partial charge is 0.309 e. The second-order valence-corrected chi connectivity index (χ2v) is 13.6. The number of nitrogens with zero attached hydrogens (tertiary/aromatic N) is 1. The van der Waals surface area contributed by atoms with E-state index in [1.54, 1.807) is 0 Å². The van der Waals surface area contributed by atoms with E-state index < -0.39 is 0 Å². The maximum absolute atomic E-state index is 4.53. The van der Waals surface area contributed by atoms with Crippen LogP contribution in [-0.2, 0) is 0 Å². The summed E-state index contributed by atoms with van der Waals surface area (Å²) < 4.78 is 5.10. The van der Waals surface area contributed by atoms with E-state index in [-0.39, 0.29) is 0 Å². The Balaban J connectivity index is 1.33. The normalized spacial score (nSPS) is 12.3. The van der Waals surface area contributed by atoms with Gasteiger partial charge in [0, 0.05) is 47.4 Å². The first kappa shape index (κ1) is 29.2. The van der Waals surface area contributed by atoms with Gasteiger partial charge in [0.1, 0.15) is 0 Å². The molecule has 2 aromatic heterocycles. The summed E-state index contributed by atoms with van der Waals surface area (Å²) in [5.41, 5.74) is 10.6. The number of hydrogen-bond acceptors (Lipinski definition) is 1. The molecule has 0 bridgehead atoms. The molecule has 0 aliphatic rings. The Kier molecular flexibility index (Phi) is 7.11. The van der Waals surface area contributed by atoms with E-state index in [4.69, 9.17) is 0 Å². The van der Waals surface area contributed by atoms with Crippen LogP contribution in [-0.4, -0.2) is 4.57 Å². The Labute approximate surface area is 290 Å². The van der Waals surface area contributed by atoms with Crippen molar-refractivity contribution in [2.45, 2.75) is 6.92 Å². The molecule has 9 rings (SSSR count). The van der Waals surface area contributed by atoms with Gasteiger partial charge in [0.25, 0.3) is 0 Å². The topological polar surface area (TPSA) is 4.93 Å². The predicted molar refractivity (Wildman–Crippen MR) is 215 cm³/mol. The third kappa shape index (κ3) is 4.84. The number of thiophene rings is 1. The lowest BCUT2D eigenvalue weighted by Gasteiger charge is -2.11. The molecule has 49 heavy (non-hydrogen) atoms. The molecular formula is C47H33NS. The fourth-order valence-corrected chi connectivity index (χ4v) is 8.58. The average Bonchev–Trinajstić information content (AvgIpc) is 3.72.